The second-order valence-electron chi connectivity index (χ2n) is 5.31. The van der Waals surface area contributed by atoms with Crippen molar-refractivity contribution in [3.8, 4) is 11.3 Å². The lowest BCUT2D eigenvalue weighted by atomic mass is 10.1. The Hall–Kier alpha value is -2.28. The van der Waals surface area contributed by atoms with Gasteiger partial charge in [0.05, 0.1) is 22.3 Å². The molecular formula is C16H17N3O3S. The maximum absolute atomic E-state index is 12.5. The van der Waals surface area contributed by atoms with Gasteiger partial charge in [0.1, 0.15) is 11.5 Å². The molecule has 1 N–H and O–H groups in total. The van der Waals surface area contributed by atoms with Gasteiger partial charge in [0, 0.05) is 17.9 Å². The molecular weight excluding hydrogens is 314 g/mol. The lowest BCUT2D eigenvalue weighted by Crippen LogP contribution is -2.25. The predicted molar refractivity (Wildman–Crippen MR) is 89.9 cm³/mol. The highest BCUT2D eigenvalue weighted by Gasteiger charge is 2.20. The van der Waals surface area contributed by atoms with Gasteiger partial charge in [-0.25, -0.2) is 4.98 Å². The first-order valence-electron chi connectivity index (χ1n) is 7.24. The summed E-state index contributed by atoms with van der Waals surface area (Å²) in [5.74, 6) is 1.90. The van der Waals surface area contributed by atoms with E-state index in [9.17, 15) is 4.79 Å². The van der Waals surface area contributed by atoms with Gasteiger partial charge in [-0.2, -0.15) is 12.6 Å². The number of thiol groups is 1. The highest BCUT2D eigenvalue weighted by atomic mass is 32.1. The smallest absolute Gasteiger partial charge is 0.259 e. The van der Waals surface area contributed by atoms with Crippen molar-refractivity contribution >= 4 is 29.6 Å². The summed E-state index contributed by atoms with van der Waals surface area (Å²) in [6.07, 6.45) is 0. The summed E-state index contributed by atoms with van der Waals surface area (Å²) >= 11 is 4.11. The summed E-state index contributed by atoms with van der Waals surface area (Å²) in [5, 5.41) is 7.37. The molecule has 120 valence electrons. The molecule has 3 aromatic rings. The van der Waals surface area contributed by atoms with Gasteiger partial charge in [-0.1, -0.05) is 5.16 Å². The van der Waals surface area contributed by atoms with Gasteiger partial charge in [-0.05, 0) is 32.9 Å². The number of aromatic nitrogens is 2. The molecule has 3 rings (SSSR count). The van der Waals surface area contributed by atoms with Crippen LogP contribution in [0.4, 0.5) is 0 Å². The topological polar surface area (TPSA) is 81.2 Å². The number of aryl methyl sites for hydroxylation is 3. The quantitative estimate of drug-likeness (QED) is 0.718. The molecule has 1 amide bonds. The Bertz CT molecular complexity index is 882. The van der Waals surface area contributed by atoms with Crippen molar-refractivity contribution in [2.45, 2.75) is 20.8 Å². The molecule has 3 aromatic heterocycles. The Kier molecular flexibility index (Phi) is 4.12. The molecule has 7 heteroatoms. The number of nitrogens with one attached hydrogen (secondary N) is 1. The van der Waals surface area contributed by atoms with Crippen molar-refractivity contribution < 1.29 is 13.7 Å². The molecule has 6 nitrogen and oxygen atoms in total. The van der Waals surface area contributed by atoms with Crippen LogP contribution in [-0.4, -0.2) is 28.3 Å². The van der Waals surface area contributed by atoms with Crippen LogP contribution in [0, 0.1) is 20.8 Å². The van der Waals surface area contributed by atoms with E-state index in [-0.39, 0.29) is 5.91 Å². The standard InChI is InChI=1S/C16H17N3O3S/c1-8-6-11(10(3)21-8)13-7-12(15(20)17-4-5-23)14-9(2)19-22-16(14)18-13/h6-7,23H,4-5H2,1-3H3,(H,17,20). The fourth-order valence-electron chi connectivity index (χ4n) is 2.56. The summed E-state index contributed by atoms with van der Waals surface area (Å²) in [7, 11) is 0. The fourth-order valence-corrected chi connectivity index (χ4v) is 2.67. The summed E-state index contributed by atoms with van der Waals surface area (Å²) in [6, 6.07) is 3.64. The van der Waals surface area contributed by atoms with Crippen molar-refractivity contribution in [3.63, 3.8) is 0 Å². The van der Waals surface area contributed by atoms with E-state index in [1.807, 2.05) is 19.9 Å². The van der Waals surface area contributed by atoms with Crippen LogP contribution < -0.4 is 5.32 Å². The second-order valence-corrected chi connectivity index (χ2v) is 5.76. The largest absolute Gasteiger partial charge is 0.466 e. The number of carbonyl (C=O) groups is 1. The first-order valence-corrected chi connectivity index (χ1v) is 7.88. The third kappa shape index (κ3) is 2.84. The molecule has 0 aliphatic heterocycles. The molecule has 0 aliphatic rings. The number of hydrogen-bond donors (Lipinski definition) is 2. The van der Waals surface area contributed by atoms with E-state index in [1.165, 1.54) is 0 Å². The Morgan fingerprint density at radius 1 is 1.30 bits per heavy atom. The first-order chi connectivity index (χ1) is 11.0. The van der Waals surface area contributed by atoms with Crippen LogP contribution in [0.15, 0.2) is 21.1 Å². The first kappa shape index (κ1) is 15.6. The van der Waals surface area contributed by atoms with E-state index in [4.69, 9.17) is 8.94 Å². The van der Waals surface area contributed by atoms with E-state index in [0.29, 0.717) is 40.3 Å². The Balaban J connectivity index is 2.18. The zero-order valence-electron chi connectivity index (χ0n) is 13.1. The second kappa shape index (κ2) is 6.08. The maximum atomic E-state index is 12.5. The van der Waals surface area contributed by atoms with E-state index in [1.54, 1.807) is 13.0 Å². The Morgan fingerprint density at radius 2 is 2.09 bits per heavy atom. The van der Waals surface area contributed by atoms with Crippen LogP contribution in [0.1, 0.15) is 27.6 Å². The van der Waals surface area contributed by atoms with E-state index >= 15 is 0 Å². The zero-order chi connectivity index (χ0) is 16.6. The van der Waals surface area contributed by atoms with Gasteiger partial charge in [0.25, 0.3) is 11.6 Å². The molecule has 0 spiro atoms. The third-order valence-corrected chi connectivity index (χ3v) is 3.80. The van der Waals surface area contributed by atoms with Crippen molar-refractivity contribution in [2.75, 3.05) is 12.3 Å². The molecule has 0 atom stereocenters. The summed E-state index contributed by atoms with van der Waals surface area (Å²) in [4.78, 5) is 17.0. The van der Waals surface area contributed by atoms with Gasteiger partial charge in [0.15, 0.2) is 0 Å². The Morgan fingerprint density at radius 3 is 2.74 bits per heavy atom. The van der Waals surface area contributed by atoms with Crippen molar-refractivity contribution in [1.82, 2.24) is 15.5 Å². The third-order valence-electron chi connectivity index (χ3n) is 3.58. The molecule has 0 bridgehead atoms. The highest BCUT2D eigenvalue weighted by Crippen LogP contribution is 2.30. The van der Waals surface area contributed by atoms with Gasteiger partial charge < -0.3 is 14.3 Å². The van der Waals surface area contributed by atoms with Gasteiger partial charge in [0.2, 0.25) is 0 Å². The molecule has 0 radical (unpaired) electrons. The monoisotopic (exact) mass is 331 g/mol. The van der Waals surface area contributed by atoms with Gasteiger partial charge >= 0.3 is 0 Å². The van der Waals surface area contributed by atoms with Gasteiger partial charge in [-0.3, -0.25) is 4.79 Å². The molecule has 23 heavy (non-hydrogen) atoms. The predicted octanol–water partition coefficient (Wildman–Crippen LogP) is 3.07. The molecule has 3 heterocycles. The van der Waals surface area contributed by atoms with Crippen LogP contribution in [0.2, 0.25) is 0 Å². The number of nitrogens with zero attached hydrogens (tertiary/aromatic N) is 2. The fraction of sp³-hybridized carbons (Fsp3) is 0.312. The minimum Gasteiger partial charge on any atom is -0.466 e. The van der Waals surface area contributed by atoms with Crippen LogP contribution in [0.5, 0.6) is 0 Å². The lowest BCUT2D eigenvalue weighted by molar-refractivity contribution is 0.0957. The summed E-state index contributed by atoms with van der Waals surface area (Å²) in [6.45, 7) is 6.00. The number of rotatable bonds is 4. The average Bonchev–Trinajstić information content (AvgIpc) is 3.06. The minimum atomic E-state index is -0.197. The molecule has 0 unspecified atom stereocenters. The lowest BCUT2D eigenvalue weighted by Gasteiger charge is -2.07. The molecule has 0 saturated heterocycles. The van der Waals surface area contributed by atoms with Crippen molar-refractivity contribution in [3.05, 3.63) is 34.9 Å². The SMILES string of the molecule is Cc1cc(-c2cc(C(=O)NCCS)c3c(C)noc3n2)c(C)o1. The van der Waals surface area contributed by atoms with Crippen molar-refractivity contribution in [1.29, 1.82) is 0 Å². The number of pyridine rings is 1. The van der Waals surface area contributed by atoms with Crippen LogP contribution in [0.25, 0.3) is 22.4 Å². The normalized spacial score (nSPS) is 11.1. The molecule has 0 fully saturated rings. The summed E-state index contributed by atoms with van der Waals surface area (Å²) in [5.41, 5.74) is 2.92. The Labute approximate surface area is 138 Å². The maximum Gasteiger partial charge on any atom is 0.259 e. The van der Waals surface area contributed by atoms with Gasteiger partial charge in [-0.15, -0.1) is 0 Å². The molecule has 0 aromatic carbocycles. The van der Waals surface area contributed by atoms with Crippen molar-refractivity contribution in [2.24, 2.45) is 0 Å². The van der Waals surface area contributed by atoms with Crippen LogP contribution in [0.3, 0.4) is 0 Å². The van der Waals surface area contributed by atoms with E-state index < -0.39 is 0 Å². The number of carbonyl (C=O) groups excluding carboxylic acids is 1. The van der Waals surface area contributed by atoms with E-state index in [0.717, 1.165) is 17.1 Å². The summed E-state index contributed by atoms with van der Waals surface area (Å²) < 4.78 is 10.8. The average molecular weight is 331 g/mol. The zero-order valence-corrected chi connectivity index (χ0v) is 14.0. The van der Waals surface area contributed by atoms with Crippen LogP contribution in [-0.2, 0) is 0 Å². The van der Waals surface area contributed by atoms with E-state index in [2.05, 4.69) is 28.1 Å². The van der Waals surface area contributed by atoms with Crippen LogP contribution >= 0.6 is 12.6 Å². The molecule has 0 aliphatic carbocycles. The highest BCUT2D eigenvalue weighted by molar-refractivity contribution is 7.80. The minimum absolute atomic E-state index is 0.197. The number of fused-ring (bicyclic) bond motifs is 1. The molecule has 0 saturated carbocycles. The number of hydrogen-bond acceptors (Lipinski definition) is 6. The number of furan rings is 1. The number of amides is 1.